The van der Waals surface area contributed by atoms with Gasteiger partial charge in [0.25, 0.3) is 0 Å². The molecule has 5 nitrogen and oxygen atoms in total. The molecule has 0 unspecified atom stereocenters. The van der Waals surface area contributed by atoms with Crippen LogP contribution in [0.4, 0.5) is 0 Å². The number of nitrogens with zero attached hydrogens (tertiary/aromatic N) is 5. The van der Waals surface area contributed by atoms with Gasteiger partial charge in [-0.05, 0) is 73.4 Å². The molecule has 40 heavy (non-hydrogen) atoms. The van der Waals surface area contributed by atoms with Crippen molar-refractivity contribution in [2.24, 2.45) is 0 Å². The normalized spacial score (nSPS) is 11.5. The van der Waals surface area contributed by atoms with Crippen LogP contribution in [-0.2, 0) is 0 Å². The van der Waals surface area contributed by atoms with Gasteiger partial charge < -0.3 is 0 Å². The molecule has 0 saturated carbocycles. The van der Waals surface area contributed by atoms with E-state index in [2.05, 4.69) is 88.8 Å². The van der Waals surface area contributed by atoms with E-state index in [0.29, 0.717) is 17.5 Å². The predicted octanol–water partition coefficient (Wildman–Crippen LogP) is 8.28. The molecular formula is C35H21N5. The van der Waals surface area contributed by atoms with Crippen molar-refractivity contribution in [3.05, 3.63) is 128 Å². The zero-order valence-electron chi connectivity index (χ0n) is 21.4. The molecule has 0 saturated heterocycles. The lowest BCUT2D eigenvalue weighted by atomic mass is 9.90. The molecule has 0 atom stereocenters. The summed E-state index contributed by atoms with van der Waals surface area (Å²) < 4.78 is 0. The highest BCUT2D eigenvalue weighted by Gasteiger charge is 2.16. The average molecular weight is 512 g/mol. The van der Waals surface area contributed by atoms with E-state index in [1.165, 1.54) is 43.1 Å². The Bertz CT molecular complexity index is 2150. The molecule has 3 aromatic heterocycles. The maximum atomic E-state index is 4.95. The Morgan fingerprint density at radius 3 is 1.50 bits per heavy atom. The quantitative estimate of drug-likeness (QED) is 0.223. The van der Waals surface area contributed by atoms with Crippen LogP contribution in [0.1, 0.15) is 0 Å². The second kappa shape index (κ2) is 9.03. The summed E-state index contributed by atoms with van der Waals surface area (Å²) in [5.74, 6) is 1.83. The summed E-state index contributed by atoms with van der Waals surface area (Å²) in [4.78, 5) is 23.0. The largest absolute Gasteiger partial charge is 0.265 e. The minimum atomic E-state index is 0.605. The summed E-state index contributed by atoms with van der Waals surface area (Å²) in [5.41, 5.74) is 2.71. The SMILES string of the molecule is c1ccc2c(c1)ccc1c3ccccc3c3ccc(-c4nc(-c5ccncc5)nc(-c5ccncc5)n4)cc3c21. The van der Waals surface area contributed by atoms with Crippen molar-refractivity contribution in [2.75, 3.05) is 0 Å². The monoisotopic (exact) mass is 511 g/mol. The Morgan fingerprint density at radius 1 is 0.350 bits per heavy atom. The molecule has 5 heteroatoms. The fourth-order valence-electron chi connectivity index (χ4n) is 5.63. The van der Waals surface area contributed by atoms with Crippen LogP contribution in [0.3, 0.4) is 0 Å². The molecule has 3 heterocycles. The number of fused-ring (bicyclic) bond motifs is 8. The third kappa shape index (κ3) is 3.60. The maximum absolute atomic E-state index is 4.95. The maximum Gasteiger partial charge on any atom is 0.164 e. The van der Waals surface area contributed by atoms with Crippen molar-refractivity contribution in [3.8, 4) is 34.2 Å². The first-order valence-electron chi connectivity index (χ1n) is 13.2. The van der Waals surface area contributed by atoms with Crippen molar-refractivity contribution in [1.82, 2.24) is 24.9 Å². The fourth-order valence-corrected chi connectivity index (χ4v) is 5.63. The lowest BCUT2D eigenvalue weighted by Gasteiger charge is -2.14. The summed E-state index contributed by atoms with van der Waals surface area (Å²) in [6.45, 7) is 0. The Labute approximate surface area is 229 Å². The van der Waals surface area contributed by atoms with Crippen LogP contribution in [-0.4, -0.2) is 24.9 Å². The number of hydrogen-bond acceptors (Lipinski definition) is 5. The number of pyridine rings is 2. The van der Waals surface area contributed by atoms with E-state index in [9.17, 15) is 0 Å². The lowest BCUT2D eigenvalue weighted by Crippen LogP contribution is -2.00. The molecule has 0 aliphatic rings. The van der Waals surface area contributed by atoms with Crippen LogP contribution < -0.4 is 0 Å². The summed E-state index contributed by atoms with van der Waals surface area (Å²) in [6.07, 6.45) is 7.01. The Kier molecular flexibility index (Phi) is 5.07. The molecule has 0 aliphatic heterocycles. The van der Waals surface area contributed by atoms with E-state index in [1.807, 2.05) is 24.3 Å². The van der Waals surface area contributed by atoms with Gasteiger partial charge in [0.05, 0.1) is 0 Å². The van der Waals surface area contributed by atoms with Crippen molar-refractivity contribution in [2.45, 2.75) is 0 Å². The Morgan fingerprint density at radius 2 is 0.850 bits per heavy atom. The van der Waals surface area contributed by atoms with Gasteiger partial charge in [-0.1, -0.05) is 72.8 Å². The van der Waals surface area contributed by atoms with Gasteiger partial charge in [-0.15, -0.1) is 0 Å². The molecule has 5 aromatic carbocycles. The smallest absolute Gasteiger partial charge is 0.164 e. The molecule has 0 N–H and O–H groups in total. The highest BCUT2D eigenvalue weighted by Crippen LogP contribution is 2.40. The third-order valence-electron chi connectivity index (χ3n) is 7.50. The van der Waals surface area contributed by atoms with Crippen LogP contribution in [0.5, 0.6) is 0 Å². The molecule has 8 rings (SSSR count). The number of benzene rings is 5. The van der Waals surface area contributed by atoms with Crippen molar-refractivity contribution in [1.29, 1.82) is 0 Å². The van der Waals surface area contributed by atoms with Gasteiger partial charge in [0.2, 0.25) is 0 Å². The van der Waals surface area contributed by atoms with E-state index >= 15 is 0 Å². The zero-order valence-corrected chi connectivity index (χ0v) is 21.4. The van der Waals surface area contributed by atoms with Gasteiger partial charge >= 0.3 is 0 Å². The standard InChI is InChI=1S/C35H21N5/c1-2-6-26-22(5-1)9-12-30-28-8-4-3-7-27(28)29-11-10-25(21-31(29)32(26)30)35-39-33(23-13-17-36-18-14-23)38-34(40-35)24-15-19-37-20-16-24/h1-21H. The average Bonchev–Trinajstić information content (AvgIpc) is 3.05. The van der Waals surface area contributed by atoms with E-state index < -0.39 is 0 Å². The van der Waals surface area contributed by atoms with Gasteiger partial charge in [0.15, 0.2) is 17.5 Å². The van der Waals surface area contributed by atoms with Gasteiger partial charge in [0.1, 0.15) is 0 Å². The van der Waals surface area contributed by atoms with Gasteiger partial charge in [-0.3, -0.25) is 9.97 Å². The van der Waals surface area contributed by atoms with E-state index in [0.717, 1.165) is 16.7 Å². The van der Waals surface area contributed by atoms with Crippen molar-refractivity contribution >= 4 is 43.1 Å². The van der Waals surface area contributed by atoms with Gasteiger partial charge in [0, 0.05) is 41.5 Å². The molecule has 186 valence electrons. The highest BCUT2D eigenvalue weighted by molar-refractivity contribution is 6.31. The molecule has 0 aliphatic carbocycles. The van der Waals surface area contributed by atoms with Crippen LogP contribution in [0.25, 0.3) is 77.3 Å². The van der Waals surface area contributed by atoms with Crippen molar-refractivity contribution < 1.29 is 0 Å². The summed E-state index contributed by atoms with van der Waals surface area (Å²) in [7, 11) is 0. The van der Waals surface area contributed by atoms with Crippen LogP contribution >= 0.6 is 0 Å². The first-order chi connectivity index (χ1) is 19.8. The molecule has 0 fully saturated rings. The first-order valence-corrected chi connectivity index (χ1v) is 13.2. The van der Waals surface area contributed by atoms with E-state index in [4.69, 9.17) is 15.0 Å². The minimum absolute atomic E-state index is 0.605. The van der Waals surface area contributed by atoms with Crippen LogP contribution in [0.15, 0.2) is 128 Å². The number of rotatable bonds is 3. The summed E-state index contributed by atoms with van der Waals surface area (Å²) in [5, 5.41) is 9.81. The predicted molar refractivity (Wildman–Crippen MR) is 162 cm³/mol. The fraction of sp³-hybridized carbons (Fsp3) is 0. The number of hydrogen-bond donors (Lipinski definition) is 0. The Hall–Kier alpha value is -5.55. The molecule has 0 bridgehead atoms. The molecule has 8 aromatic rings. The van der Waals surface area contributed by atoms with Crippen LogP contribution in [0, 0.1) is 0 Å². The van der Waals surface area contributed by atoms with E-state index in [1.54, 1.807) is 24.8 Å². The van der Waals surface area contributed by atoms with Crippen LogP contribution in [0.2, 0.25) is 0 Å². The summed E-state index contributed by atoms with van der Waals surface area (Å²) in [6, 6.07) is 35.9. The Balaban J connectivity index is 1.45. The topological polar surface area (TPSA) is 64.5 Å². The van der Waals surface area contributed by atoms with Gasteiger partial charge in [-0.2, -0.15) is 0 Å². The van der Waals surface area contributed by atoms with E-state index in [-0.39, 0.29) is 0 Å². The minimum Gasteiger partial charge on any atom is -0.265 e. The highest BCUT2D eigenvalue weighted by atomic mass is 15.0. The number of aromatic nitrogens is 5. The van der Waals surface area contributed by atoms with Gasteiger partial charge in [-0.25, -0.2) is 15.0 Å². The molecule has 0 amide bonds. The lowest BCUT2D eigenvalue weighted by molar-refractivity contribution is 1.07. The van der Waals surface area contributed by atoms with Crippen molar-refractivity contribution in [3.63, 3.8) is 0 Å². The third-order valence-corrected chi connectivity index (χ3v) is 7.50. The molecule has 0 radical (unpaired) electrons. The first kappa shape index (κ1) is 22.4. The molecular weight excluding hydrogens is 490 g/mol. The second-order valence-electron chi connectivity index (χ2n) is 9.79. The molecule has 0 spiro atoms. The zero-order chi connectivity index (χ0) is 26.5. The summed E-state index contributed by atoms with van der Waals surface area (Å²) >= 11 is 0. The second-order valence-corrected chi connectivity index (χ2v) is 9.79.